The van der Waals surface area contributed by atoms with Gasteiger partial charge in [-0.2, -0.15) is 0 Å². The first-order chi connectivity index (χ1) is 11.7. The van der Waals surface area contributed by atoms with Crippen molar-refractivity contribution in [1.29, 1.82) is 0 Å². The third-order valence-electron chi connectivity index (χ3n) is 4.26. The Bertz CT molecular complexity index is 665. The van der Waals surface area contributed by atoms with Crippen LogP contribution in [0, 0.1) is 6.92 Å². The molecule has 0 bridgehead atoms. The van der Waals surface area contributed by atoms with Crippen molar-refractivity contribution in [2.24, 2.45) is 10.7 Å². The highest BCUT2D eigenvalue weighted by molar-refractivity contribution is 14.0. The van der Waals surface area contributed by atoms with Gasteiger partial charge in [0.15, 0.2) is 5.96 Å². The summed E-state index contributed by atoms with van der Waals surface area (Å²) >= 11 is 1.67. The number of aromatic nitrogens is 1. The van der Waals surface area contributed by atoms with Crippen LogP contribution in [0.25, 0.3) is 0 Å². The molecule has 1 aromatic carbocycles. The summed E-state index contributed by atoms with van der Waals surface area (Å²) in [6.45, 7) is 5.82. The minimum Gasteiger partial charge on any atom is -0.370 e. The van der Waals surface area contributed by atoms with Crippen molar-refractivity contribution in [2.75, 3.05) is 13.1 Å². The number of likely N-dealkylation sites (tertiary alicyclic amines) is 1. The zero-order valence-corrected chi connectivity index (χ0v) is 17.7. The first-order valence-corrected chi connectivity index (χ1v) is 9.25. The molecule has 2 aromatic rings. The average Bonchev–Trinajstić information content (AvgIpc) is 3.01. The molecule has 0 atom stereocenters. The lowest BCUT2D eigenvalue weighted by Crippen LogP contribution is -2.46. The van der Waals surface area contributed by atoms with Crippen LogP contribution in [0.4, 0.5) is 0 Å². The van der Waals surface area contributed by atoms with Gasteiger partial charge in [0.05, 0.1) is 11.6 Å². The average molecular weight is 471 g/mol. The normalized spacial score (nSPS) is 16.4. The number of guanidine groups is 1. The summed E-state index contributed by atoms with van der Waals surface area (Å²) in [7, 11) is 0. The summed E-state index contributed by atoms with van der Waals surface area (Å²) < 4.78 is 0. The van der Waals surface area contributed by atoms with Crippen molar-refractivity contribution >= 4 is 41.3 Å². The van der Waals surface area contributed by atoms with Crippen molar-refractivity contribution in [3.8, 4) is 0 Å². The predicted octanol–water partition coefficient (Wildman–Crippen LogP) is 3.14. The highest BCUT2D eigenvalue weighted by atomic mass is 127. The standard InChI is InChI=1S/C18H25N5S.HI/c1-14-20-11-17(24-14)12-21-18(19)22-16-7-9-23(10-8-16)13-15-5-3-2-4-6-15;/h2-6,11,16H,7-10,12-13H2,1H3,(H3,19,21,22);1H. The number of nitrogens with one attached hydrogen (secondary N) is 1. The molecule has 3 N–H and O–H groups in total. The third-order valence-corrected chi connectivity index (χ3v) is 5.16. The van der Waals surface area contributed by atoms with Crippen LogP contribution >= 0.6 is 35.3 Å². The molecule has 2 heterocycles. The van der Waals surface area contributed by atoms with Gasteiger partial charge in [0, 0.05) is 36.8 Å². The van der Waals surface area contributed by atoms with Crippen LogP contribution in [0.2, 0.25) is 0 Å². The van der Waals surface area contributed by atoms with Gasteiger partial charge in [-0.15, -0.1) is 35.3 Å². The second kappa shape index (κ2) is 10.1. The Hall–Kier alpha value is -1.19. The maximum Gasteiger partial charge on any atom is 0.189 e. The second-order valence-corrected chi connectivity index (χ2v) is 7.55. The summed E-state index contributed by atoms with van der Waals surface area (Å²) in [6, 6.07) is 11.1. The zero-order valence-electron chi connectivity index (χ0n) is 14.5. The number of aryl methyl sites for hydroxylation is 1. The molecular formula is C18H26IN5S. The minimum atomic E-state index is 0. The molecule has 1 aliphatic heterocycles. The number of hydrogen-bond donors (Lipinski definition) is 2. The molecule has 0 amide bonds. The summed E-state index contributed by atoms with van der Waals surface area (Å²) in [5.41, 5.74) is 7.41. The van der Waals surface area contributed by atoms with E-state index in [1.165, 1.54) is 5.56 Å². The highest BCUT2D eigenvalue weighted by Gasteiger charge is 2.19. The second-order valence-electron chi connectivity index (χ2n) is 6.23. The van der Waals surface area contributed by atoms with Crippen molar-refractivity contribution in [1.82, 2.24) is 15.2 Å². The lowest BCUT2D eigenvalue weighted by Gasteiger charge is -2.32. The van der Waals surface area contributed by atoms with Gasteiger partial charge in [-0.3, -0.25) is 4.90 Å². The SMILES string of the molecule is Cc1ncc(CN=C(N)NC2CCN(Cc3ccccc3)CC2)s1.I. The minimum absolute atomic E-state index is 0. The molecule has 0 spiro atoms. The van der Waals surface area contributed by atoms with E-state index in [1.54, 1.807) is 11.3 Å². The van der Waals surface area contributed by atoms with E-state index in [2.05, 4.69) is 50.5 Å². The number of nitrogens with two attached hydrogens (primary N) is 1. The van der Waals surface area contributed by atoms with Gasteiger partial charge in [0.25, 0.3) is 0 Å². The third kappa shape index (κ3) is 6.56. The van der Waals surface area contributed by atoms with Crippen molar-refractivity contribution in [3.63, 3.8) is 0 Å². The van der Waals surface area contributed by atoms with Crippen LogP contribution < -0.4 is 11.1 Å². The molecule has 25 heavy (non-hydrogen) atoms. The van der Waals surface area contributed by atoms with Crippen LogP contribution in [0.5, 0.6) is 0 Å². The first-order valence-electron chi connectivity index (χ1n) is 8.43. The fourth-order valence-corrected chi connectivity index (χ4v) is 3.69. The van der Waals surface area contributed by atoms with Crippen molar-refractivity contribution in [2.45, 2.75) is 38.9 Å². The van der Waals surface area contributed by atoms with Crippen LogP contribution in [-0.2, 0) is 13.1 Å². The van der Waals surface area contributed by atoms with Crippen molar-refractivity contribution < 1.29 is 0 Å². The molecule has 3 rings (SSSR count). The molecular weight excluding hydrogens is 445 g/mol. The lowest BCUT2D eigenvalue weighted by molar-refractivity contribution is 0.199. The lowest BCUT2D eigenvalue weighted by atomic mass is 10.0. The smallest absolute Gasteiger partial charge is 0.189 e. The van der Waals surface area contributed by atoms with E-state index in [4.69, 9.17) is 5.73 Å². The van der Waals surface area contributed by atoms with Gasteiger partial charge in [0.2, 0.25) is 0 Å². The molecule has 136 valence electrons. The Morgan fingerprint density at radius 2 is 2.04 bits per heavy atom. The van der Waals surface area contributed by atoms with E-state index < -0.39 is 0 Å². The first kappa shape index (κ1) is 20.1. The molecule has 0 radical (unpaired) electrons. The number of thiazole rings is 1. The Morgan fingerprint density at radius 1 is 1.32 bits per heavy atom. The Morgan fingerprint density at radius 3 is 2.68 bits per heavy atom. The van der Waals surface area contributed by atoms with Crippen LogP contribution in [-0.4, -0.2) is 35.0 Å². The fourth-order valence-electron chi connectivity index (χ4n) is 2.97. The Labute approximate surface area is 170 Å². The van der Waals surface area contributed by atoms with Gasteiger partial charge in [-0.25, -0.2) is 9.98 Å². The van der Waals surface area contributed by atoms with Crippen LogP contribution in [0.3, 0.4) is 0 Å². The molecule has 7 heteroatoms. The summed E-state index contributed by atoms with van der Waals surface area (Å²) in [5, 5.41) is 4.43. The summed E-state index contributed by atoms with van der Waals surface area (Å²) in [4.78, 5) is 12.3. The van der Waals surface area contributed by atoms with Gasteiger partial charge < -0.3 is 11.1 Å². The monoisotopic (exact) mass is 471 g/mol. The quantitative estimate of drug-likeness (QED) is 0.400. The number of piperidine rings is 1. The number of aliphatic imine (C=N–C) groups is 1. The molecule has 1 fully saturated rings. The zero-order chi connectivity index (χ0) is 16.8. The fraction of sp³-hybridized carbons (Fsp3) is 0.444. The van der Waals surface area contributed by atoms with E-state index in [0.717, 1.165) is 42.4 Å². The number of hydrogen-bond acceptors (Lipinski definition) is 4. The van der Waals surface area contributed by atoms with Gasteiger partial charge in [0.1, 0.15) is 0 Å². The number of nitrogens with zero attached hydrogens (tertiary/aromatic N) is 3. The Kier molecular flexibility index (Phi) is 8.11. The maximum atomic E-state index is 6.03. The number of rotatable bonds is 5. The highest BCUT2D eigenvalue weighted by Crippen LogP contribution is 2.14. The van der Waals surface area contributed by atoms with Gasteiger partial charge in [-0.1, -0.05) is 30.3 Å². The Balaban J connectivity index is 0.00000225. The van der Waals surface area contributed by atoms with E-state index in [0.29, 0.717) is 18.5 Å². The molecule has 5 nitrogen and oxygen atoms in total. The number of halogens is 1. The van der Waals surface area contributed by atoms with E-state index in [-0.39, 0.29) is 24.0 Å². The largest absolute Gasteiger partial charge is 0.370 e. The van der Waals surface area contributed by atoms with E-state index in [9.17, 15) is 0 Å². The molecule has 1 saturated heterocycles. The molecule has 0 aliphatic carbocycles. The van der Waals surface area contributed by atoms with Gasteiger partial charge in [-0.05, 0) is 25.3 Å². The molecule has 0 saturated carbocycles. The van der Waals surface area contributed by atoms with Gasteiger partial charge >= 0.3 is 0 Å². The topological polar surface area (TPSA) is 66.5 Å². The maximum absolute atomic E-state index is 6.03. The van der Waals surface area contributed by atoms with Crippen LogP contribution in [0.1, 0.15) is 28.3 Å². The summed E-state index contributed by atoms with van der Waals surface area (Å²) in [5.74, 6) is 0.544. The molecule has 0 unspecified atom stereocenters. The number of benzene rings is 1. The molecule has 1 aromatic heterocycles. The molecule has 1 aliphatic rings. The van der Waals surface area contributed by atoms with E-state index >= 15 is 0 Å². The van der Waals surface area contributed by atoms with Crippen LogP contribution in [0.15, 0.2) is 41.5 Å². The van der Waals surface area contributed by atoms with Crippen molar-refractivity contribution in [3.05, 3.63) is 52.0 Å². The van der Waals surface area contributed by atoms with E-state index in [1.807, 2.05) is 13.1 Å². The summed E-state index contributed by atoms with van der Waals surface area (Å²) in [6.07, 6.45) is 4.07. The predicted molar refractivity (Wildman–Crippen MR) is 115 cm³/mol.